The minimum Gasteiger partial charge on any atom is -0.497 e. The van der Waals surface area contributed by atoms with Crippen LogP contribution in [0.4, 0.5) is 5.69 Å². The molecule has 6 nitrogen and oxygen atoms in total. The molecule has 1 aliphatic rings. The lowest BCUT2D eigenvalue weighted by atomic mass is 9.98. The fourth-order valence-corrected chi connectivity index (χ4v) is 4.89. The number of fused-ring (bicyclic) bond motifs is 3. The Hall–Kier alpha value is -4.06. The minimum absolute atomic E-state index is 0.0497. The molecule has 2 amide bonds. The van der Waals surface area contributed by atoms with Gasteiger partial charge in [0.1, 0.15) is 18.0 Å². The lowest BCUT2D eigenvalue weighted by Crippen LogP contribution is -2.37. The normalized spacial score (nSPS) is 15.0. The second-order valence-corrected chi connectivity index (χ2v) is 8.74. The maximum atomic E-state index is 13.7. The van der Waals surface area contributed by atoms with Crippen molar-refractivity contribution < 1.29 is 14.3 Å². The number of hydrogen-bond acceptors (Lipinski definition) is 3. The summed E-state index contributed by atoms with van der Waals surface area (Å²) in [6, 6.07) is 21.1. The molecule has 1 aliphatic heterocycles. The van der Waals surface area contributed by atoms with E-state index >= 15 is 0 Å². The van der Waals surface area contributed by atoms with Crippen LogP contribution in [0.3, 0.4) is 0 Å². The number of carbonyl (C=O) groups excluding carboxylic acids is 2. The van der Waals surface area contributed by atoms with Gasteiger partial charge in [0, 0.05) is 29.2 Å². The SMILES string of the molecule is COc1ccc([C@H]2c3c(n(C)c4ccccc34)C(=O)N2CC(=O)Nc2cccc(C)c2C)cc1. The van der Waals surface area contributed by atoms with Crippen LogP contribution >= 0.6 is 0 Å². The second-order valence-electron chi connectivity index (χ2n) is 8.74. The molecule has 1 N–H and O–H groups in total. The number of aryl methyl sites for hydroxylation is 2. The van der Waals surface area contributed by atoms with Gasteiger partial charge in [-0.15, -0.1) is 0 Å². The van der Waals surface area contributed by atoms with Crippen LogP contribution in [-0.2, 0) is 11.8 Å². The number of para-hydroxylation sites is 1. The molecule has 3 aromatic carbocycles. The molecule has 0 fully saturated rings. The number of methoxy groups -OCH3 is 1. The Balaban J connectivity index is 1.56. The Labute approximate surface area is 198 Å². The summed E-state index contributed by atoms with van der Waals surface area (Å²) in [4.78, 5) is 28.5. The Bertz CT molecular complexity index is 1420. The highest BCUT2D eigenvalue weighted by atomic mass is 16.5. The van der Waals surface area contributed by atoms with Crippen molar-refractivity contribution in [3.63, 3.8) is 0 Å². The smallest absolute Gasteiger partial charge is 0.272 e. The lowest BCUT2D eigenvalue weighted by Gasteiger charge is -2.26. The molecule has 0 spiro atoms. The molecule has 34 heavy (non-hydrogen) atoms. The van der Waals surface area contributed by atoms with Gasteiger partial charge in [-0.05, 0) is 54.8 Å². The van der Waals surface area contributed by atoms with Crippen molar-refractivity contribution >= 4 is 28.4 Å². The summed E-state index contributed by atoms with van der Waals surface area (Å²) >= 11 is 0. The zero-order valence-electron chi connectivity index (χ0n) is 19.8. The van der Waals surface area contributed by atoms with E-state index in [-0.39, 0.29) is 24.4 Å². The van der Waals surface area contributed by atoms with E-state index in [0.29, 0.717) is 5.69 Å². The van der Waals surface area contributed by atoms with Crippen molar-refractivity contribution in [2.24, 2.45) is 7.05 Å². The molecule has 0 radical (unpaired) electrons. The molecule has 4 aromatic rings. The molecule has 0 saturated heterocycles. The maximum Gasteiger partial charge on any atom is 0.272 e. The number of rotatable bonds is 5. The first kappa shape index (κ1) is 21.8. The van der Waals surface area contributed by atoms with Gasteiger partial charge in [0.05, 0.1) is 13.2 Å². The zero-order valence-corrected chi connectivity index (χ0v) is 19.8. The van der Waals surface area contributed by atoms with Crippen LogP contribution in [-0.4, -0.2) is 34.9 Å². The molecule has 1 aromatic heterocycles. The van der Waals surface area contributed by atoms with Crippen LogP contribution in [0.15, 0.2) is 66.7 Å². The van der Waals surface area contributed by atoms with Crippen molar-refractivity contribution in [1.82, 2.24) is 9.47 Å². The van der Waals surface area contributed by atoms with Gasteiger partial charge in [-0.3, -0.25) is 9.59 Å². The average molecular weight is 454 g/mol. The van der Waals surface area contributed by atoms with Crippen LogP contribution in [0.25, 0.3) is 10.9 Å². The van der Waals surface area contributed by atoms with Crippen LogP contribution in [0, 0.1) is 13.8 Å². The number of ether oxygens (including phenoxy) is 1. The van der Waals surface area contributed by atoms with Gasteiger partial charge in [-0.1, -0.05) is 42.5 Å². The zero-order chi connectivity index (χ0) is 24.0. The lowest BCUT2D eigenvalue weighted by molar-refractivity contribution is -0.117. The molecule has 5 rings (SSSR count). The third-order valence-electron chi connectivity index (χ3n) is 6.82. The first-order valence-electron chi connectivity index (χ1n) is 11.3. The average Bonchev–Trinajstić information content (AvgIpc) is 3.29. The monoisotopic (exact) mass is 453 g/mol. The summed E-state index contributed by atoms with van der Waals surface area (Å²) in [6.45, 7) is 3.94. The van der Waals surface area contributed by atoms with E-state index in [2.05, 4.69) is 5.32 Å². The minimum atomic E-state index is -0.371. The largest absolute Gasteiger partial charge is 0.497 e. The molecular formula is C28H27N3O3. The Morgan fingerprint density at radius 1 is 1.00 bits per heavy atom. The van der Waals surface area contributed by atoms with E-state index in [1.807, 2.05) is 92.2 Å². The Morgan fingerprint density at radius 2 is 1.74 bits per heavy atom. The molecule has 0 saturated carbocycles. The van der Waals surface area contributed by atoms with E-state index in [9.17, 15) is 9.59 Å². The molecule has 172 valence electrons. The second kappa shape index (κ2) is 8.37. The van der Waals surface area contributed by atoms with E-state index in [4.69, 9.17) is 4.74 Å². The van der Waals surface area contributed by atoms with Gasteiger partial charge in [0.15, 0.2) is 0 Å². The predicted octanol–water partition coefficient (Wildman–Crippen LogP) is 4.99. The van der Waals surface area contributed by atoms with Gasteiger partial charge in [0.2, 0.25) is 5.91 Å². The number of benzene rings is 3. The number of hydrogen-bond donors (Lipinski definition) is 1. The molecule has 0 unspecified atom stereocenters. The summed E-state index contributed by atoms with van der Waals surface area (Å²) in [5, 5.41) is 4.02. The summed E-state index contributed by atoms with van der Waals surface area (Å²) in [6.07, 6.45) is 0. The van der Waals surface area contributed by atoms with Crippen LogP contribution in [0.2, 0.25) is 0 Å². The fraction of sp³-hybridized carbons (Fsp3) is 0.214. The highest BCUT2D eigenvalue weighted by Crippen LogP contribution is 2.44. The summed E-state index contributed by atoms with van der Waals surface area (Å²) < 4.78 is 7.26. The molecule has 1 atom stereocenters. The molecule has 0 bridgehead atoms. The van der Waals surface area contributed by atoms with E-state index in [1.54, 1.807) is 12.0 Å². The topological polar surface area (TPSA) is 63.6 Å². The van der Waals surface area contributed by atoms with Crippen molar-refractivity contribution in [3.8, 4) is 5.75 Å². The number of carbonyl (C=O) groups is 2. The van der Waals surface area contributed by atoms with Crippen molar-refractivity contribution in [2.75, 3.05) is 19.0 Å². The van der Waals surface area contributed by atoms with Gasteiger partial charge < -0.3 is 19.5 Å². The van der Waals surface area contributed by atoms with Gasteiger partial charge in [-0.25, -0.2) is 0 Å². The van der Waals surface area contributed by atoms with E-state index in [1.165, 1.54) is 0 Å². The highest BCUT2D eigenvalue weighted by molar-refractivity contribution is 6.08. The molecule has 6 heteroatoms. The van der Waals surface area contributed by atoms with Crippen LogP contribution in [0.1, 0.15) is 38.8 Å². The maximum absolute atomic E-state index is 13.7. The Kier molecular flexibility index (Phi) is 5.36. The number of aromatic nitrogens is 1. The molecule has 2 heterocycles. The first-order valence-corrected chi connectivity index (χ1v) is 11.3. The van der Waals surface area contributed by atoms with Crippen molar-refractivity contribution in [1.29, 1.82) is 0 Å². The standard InChI is InChI=1S/C28H27N3O3/c1-17-8-7-10-22(18(17)2)29-24(32)16-31-26(19-12-14-20(34-4)15-13-19)25-21-9-5-6-11-23(21)30(3)27(25)28(31)33/h5-15,26H,16H2,1-4H3,(H,29,32)/t26-/m0/s1. The van der Waals surface area contributed by atoms with E-state index < -0.39 is 0 Å². The molecule has 0 aliphatic carbocycles. The number of nitrogens with one attached hydrogen (secondary N) is 1. The van der Waals surface area contributed by atoms with Crippen LogP contribution < -0.4 is 10.1 Å². The number of amides is 2. The van der Waals surface area contributed by atoms with E-state index in [0.717, 1.165) is 44.6 Å². The summed E-state index contributed by atoms with van der Waals surface area (Å²) in [5.41, 5.74) is 6.38. The van der Waals surface area contributed by atoms with Crippen molar-refractivity contribution in [3.05, 3.63) is 94.7 Å². The quantitative estimate of drug-likeness (QED) is 0.463. The van der Waals surface area contributed by atoms with Gasteiger partial charge >= 0.3 is 0 Å². The van der Waals surface area contributed by atoms with Crippen molar-refractivity contribution in [2.45, 2.75) is 19.9 Å². The third kappa shape index (κ3) is 3.43. The fourth-order valence-electron chi connectivity index (χ4n) is 4.89. The molecular weight excluding hydrogens is 426 g/mol. The van der Waals surface area contributed by atoms with Gasteiger partial charge in [0.25, 0.3) is 5.91 Å². The number of nitrogens with zero attached hydrogens (tertiary/aromatic N) is 2. The van der Waals surface area contributed by atoms with Crippen LogP contribution in [0.5, 0.6) is 5.75 Å². The first-order chi connectivity index (χ1) is 16.4. The van der Waals surface area contributed by atoms with Gasteiger partial charge in [-0.2, -0.15) is 0 Å². The summed E-state index contributed by atoms with van der Waals surface area (Å²) in [7, 11) is 3.53. The predicted molar refractivity (Wildman–Crippen MR) is 133 cm³/mol. The highest BCUT2D eigenvalue weighted by Gasteiger charge is 2.42. The third-order valence-corrected chi connectivity index (χ3v) is 6.82. The number of anilines is 1. The Morgan fingerprint density at radius 3 is 2.47 bits per heavy atom. The summed E-state index contributed by atoms with van der Waals surface area (Å²) in [5.74, 6) is 0.369.